The number of hydrogen-bond donors (Lipinski definition) is 1. The molecule has 2 fully saturated rings. The molecule has 7 heteroatoms. The summed E-state index contributed by atoms with van der Waals surface area (Å²) in [5.41, 5.74) is 4.89. The molecular weight excluding hydrogens is 478 g/mol. The van der Waals surface area contributed by atoms with E-state index in [9.17, 15) is 4.79 Å². The number of nitrogens with one attached hydrogen (secondary N) is 1. The summed E-state index contributed by atoms with van der Waals surface area (Å²) in [6, 6.07) is 13.0. The molecule has 1 N–H and O–H groups in total. The lowest BCUT2D eigenvalue weighted by Crippen LogP contribution is -2.44. The van der Waals surface area contributed by atoms with E-state index in [0.717, 1.165) is 66.7 Å². The molecule has 0 bridgehead atoms. The van der Waals surface area contributed by atoms with E-state index in [1.54, 1.807) is 11.3 Å². The van der Waals surface area contributed by atoms with E-state index < -0.39 is 0 Å². The number of fused-ring (bicyclic) bond motifs is 1. The number of benzene rings is 1. The summed E-state index contributed by atoms with van der Waals surface area (Å²) < 4.78 is 1.21. The lowest BCUT2D eigenvalue weighted by Gasteiger charge is -2.36. The van der Waals surface area contributed by atoms with Gasteiger partial charge < -0.3 is 20.0 Å². The monoisotopic (exact) mass is 519 g/mol. The van der Waals surface area contributed by atoms with E-state index in [-0.39, 0.29) is 5.91 Å². The Morgan fingerprint density at radius 2 is 1.78 bits per heavy atom. The van der Waals surface area contributed by atoms with Crippen molar-refractivity contribution in [3.8, 4) is 11.3 Å². The van der Waals surface area contributed by atoms with Crippen molar-refractivity contribution in [1.29, 1.82) is 0 Å². The largest absolute Gasteiger partial charge is 0.384 e. The lowest BCUT2D eigenvalue weighted by atomic mass is 10.0. The summed E-state index contributed by atoms with van der Waals surface area (Å²) in [6.45, 7) is 12.7. The first-order valence-corrected chi connectivity index (χ1v) is 15.0. The van der Waals surface area contributed by atoms with Gasteiger partial charge in [-0.25, -0.2) is 4.98 Å². The molecule has 3 aromatic rings. The van der Waals surface area contributed by atoms with Crippen LogP contribution in [0.25, 0.3) is 21.5 Å². The molecule has 2 aliphatic heterocycles. The maximum Gasteiger partial charge on any atom is 0.253 e. The second kappa shape index (κ2) is 12.4. The van der Waals surface area contributed by atoms with E-state index >= 15 is 0 Å². The van der Waals surface area contributed by atoms with E-state index in [4.69, 9.17) is 4.98 Å². The third-order valence-electron chi connectivity index (χ3n) is 8.07. The molecule has 1 aromatic carbocycles. The van der Waals surface area contributed by atoms with Crippen LogP contribution in [0.5, 0.6) is 0 Å². The van der Waals surface area contributed by atoms with Crippen LogP contribution in [-0.2, 0) is 0 Å². The number of nitrogens with zero attached hydrogens (tertiary/aromatic N) is 4. The van der Waals surface area contributed by atoms with Crippen LogP contribution < -0.4 is 5.32 Å². The Morgan fingerprint density at radius 3 is 2.49 bits per heavy atom. The molecule has 37 heavy (non-hydrogen) atoms. The van der Waals surface area contributed by atoms with E-state index in [1.807, 2.05) is 43.0 Å². The van der Waals surface area contributed by atoms with Crippen molar-refractivity contribution in [3.05, 3.63) is 47.3 Å². The molecule has 4 heterocycles. The topological polar surface area (TPSA) is 51.7 Å². The summed E-state index contributed by atoms with van der Waals surface area (Å²) in [7, 11) is 0. The molecule has 198 valence electrons. The quantitative estimate of drug-likeness (QED) is 0.343. The Balaban J connectivity index is 1.18. The number of aromatic nitrogens is 1. The van der Waals surface area contributed by atoms with Crippen LogP contribution in [-0.4, -0.2) is 84.0 Å². The number of rotatable bonds is 10. The van der Waals surface area contributed by atoms with Crippen LogP contribution in [0.2, 0.25) is 0 Å². The Labute approximate surface area is 225 Å². The van der Waals surface area contributed by atoms with Crippen molar-refractivity contribution in [1.82, 2.24) is 19.7 Å². The maximum atomic E-state index is 12.7. The van der Waals surface area contributed by atoms with Crippen LogP contribution in [0.1, 0.15) is 56.3 Å². The molecule has 0 unspecified atom stereocenters. The average molecular weight is 520 g/mol. The third-order valence-corrected chi connectivity index (χ3v) is 9.01. The summed E-state index contributed by atoms with van der Waals surface area (Å²) in [5, 5.41) is 5.83. The summed E-state index contributed by atoms with van der Waals surface area (Å²) in [4.78, 5) is 24.8. The molecule has 2 aliphatic rings. The number of thiophene rings is 1. The first-order valence-electron chi connectivity index (χ1n) is 14.1. The maximum absolute atomic E-state index is 12.7. The highest BCUT2D eigenvalue weighted by atomic mass is 32.1. The van der Waals surface area contributed by atoms with Crippen molar-refractivity contribution >= 4 is 33.1 Å². The van der Waals surface area contributed by atoms with Gasteiger partial charge in [0, 0.05) is 36.8 Å². The Morgan fingerprint density at radius 1 is 1.05 bits per heavy atom. The van der Waals surface area contributed by atoms with Crippen molar-refractivity contribution in [2.24, 2.45) is 0 Å². The number of hydrogen-bond acceptors (Lipinski definition) is 6. The number of pyridine rings is 1. The molecular formula is C30H41N5OS. The number of carbonyl (C=O) groups excluding carboxylic acids is 1. The van der Waals surface area contributed by atoms with Crippen LogP contribution in [0.15, 0.2) is 41.8 Å². The summed E-state index contributed by atoms with van der Waals surface area (Å²) in [5.74, 6) is 0.0837. The van der Waals surface area contributed by atoms with Gasteiger partial charge in [-0.05, 0) is 108 Å². The highest BCUT2D eigenvalue weighted by Gasteiger charge is 2.26. The summed E-state index contributed by atoms with van der Waals surface area (Å²) >= 11 is 1.74. The first kappa shape index (κ1) is 26.1. The lowest BCUT2D eigenvalue weighted by molar-refractivity contribution is 0.0773. The van der Waals surface area contributed by atoms with Crippen molar-refractivity contribution in [2.45, 2.75) is 52.0 Å². The minimum absolute atomic E-state index is 0.0837. The molecule has 1 amide bonds. The van der Waals surface area contributed by atoms with Crippen molar-refractivity contribution in [3.63, 3.8) is 0 Å². The fourth-order valence-electron chi connectivity index (χ4n) is 5.85. The number of amides is 1. The van der Waals surface area contributed by atoms with Crippen molar-refractivity contribution < 1.29 is 4.79 Å². The minimum Gasteiger partial charge on any atom is -0.384 e. The predicted octanol–water partition coefficient (Wildman–Crippen LogP) is 5.81. The zero-order valence-corrected chi connectivity index (χ0v) is 23.2. The van der Waals surface area contributed by atoms with Gasteiger partial charge in [0.2, 0.25) is 0 Å². The third kappa shape index (κ3) is 6.16. The highest BCUT2D eigenvalue weighted by Crippen LogP contribution is 2.32. The van der Waals surface area contributed by atoms with Crippen molar-refractivity contribution in [2.75, 3.05) is 57.7 Å². The van der Waals surface area contributed by atoms with Crippen LogP contribution in [0.4, 0.5) is 5.69 Å². The molecule has 0 atom stereocenters. The zero-order valence-electron chi connectivity index (χ0n) is 22.4. The van der Waals surface area contributed by atoms with Crippen LogP contribution in [0, 0.1) is 0 Å². The SMILES string of the molecule is CCN(CC)C(=O)c1ccc(-c2cc(NCCCN3CCC(N4CCCC4)CC3)c3sccc3n2)cc1. The standard InChI is InChI=1S/C30H41N5OS/c1-3-34(4-2)30(36)24-10-8-23(9-11-24)27-22-28(29-26(32-27)14-21-37-29)31-15-7-16-33-19-12-25(13-20-33)35-17-5-6-18-35/h8-11,14,21-22,25H,3-7,12-13,15-20H2,1-2H3,(H,31,32). The van der Waals surface area contributed by atoms with Gasteiger partial charge in [-0.2, -0.15) is 0 Å². The van der Waals surface area contributed by atoms with Gasteiger partial charge in [-0.3, -0.25) is 4.79 Å². The highest BCUT2D eigenvalue weighted by molar-refractivity contribution is 7.17. The Kier molecular flexibility index (Phi) is 8.74. The Hall–Kier alpha value is -2.48. The molecule has 0 spiro atoms. The van der Waals surface area contributed by atoms with Gasteiger partial charge >= 0.3 is 0 Å². The first-order chi connectivity index (χ1) is 18.2. The minimum atomic E-state index is 0.0837. The summed E-state index contributed by atoms with van der Waals surface area (Å²) in [6.07, 6.45) is 6.58. The number of likely N-dealkylation sites (tertiary alicyclic amines) is 2. The van der Waals surface area contributed by atoms with Gasteiger partial charge in [0.1, 0.15) is 0 Å². The Bertz CT molecular complexity index is 1160. The smallest absolute Gasteiger partial charge is 0.253 e. The predicted molar refractivity (Wildman–Crippen MR) is 156 cm³/mol. The second-order valence-electron chi connectivity index (χ2n) is 10.3. The second-order valence-corrected chi connectivity index (χ2v) is 11.3. The molecule has 2 saturated heterocycles. The fourth-order valence-corrected chi connectivity index (χ4v) is 6.68. The van der Waals surface area contributed by atoms with E-state index in [0.29, 0.717) is 0 Å². The molecule has 2 aromatic heterocycles. The van der Waals surface area contributed by atoms with Crippen LogP contribution >= 0.6 is 11.3 Å². The van der Waals surface area contributed by atoms with Gasteiger partial charge in [0.25, 0.3) is 5.91 Å². The van der Waals surface area contributed by atoms with Gasteiger partial charge in [0.05, 0.1) is 21.6 Å². The van der Waals surface area contributed by atoms with Gasteiger partial charge in [-0.15, -0.1) is 11.3 Å². The van der Waals surface area contributed by atoms with E-state index in [2.05, 4.69) is 32.6 Å². The van der Waals surface area contributed by atoms with Gasteiger partial charge in [0.15, 0.2) is 0 Å². The fraction of sp³-hybridized carbons (Fsp3) is 0.533. The van der Waals surface area contributed by atoms with Crippen LogP contribution in [0.3, 0.4) is 0 Å². The number of carbonyl (C=O) groups is 1. The molecule has 0 aliphatic carbocycles. The van der Waals surface area contributed by atoms with E-state index in [1.165, 1.54) is 56.6 Å². The molecule has 0 saturated carbocycles. The molecule has 5 rings (SSSR count). The molecule has 0 radical (unpaired) electrons. The number of anilines is 1. The zero-order chi connectivity index (χ0) is 25.6. The van der Waals surface area contributed by atoms with Gasteiger partial charge in [-0.1, -0.05) is 12.1 Å². The normalized spacial score (nSPS) is 17.5. The number of piperidine rings is 1. The average Bonchev–Trinajstić information content (AvgIpc) is 3.65. The molecule has 6 nitrogen and oxygen atoms in total.